The number of nitrogens with one attached hydrogen (secondary N) is 1. The van der Waals surface area contributed by atoms with E-state index in [-0.39, 0.29) is 11.5 Å². The van der Waals surface area contributed by atoms with Gasteiger partial charge in [-0.15, -0.1) is 0 Å². The lowest BCUT2D eigenvalue weighted by molar-refractivity contribution is 0.0523. The number of ketones is 1. The molecule has 2 aromatic carbocycles. The van der Waals surface area contributed by atoms with E-state index in [2.05, 4.69) is 5.32 Å². The van der Waals surface area contributed by atoms with Crippen LogP contribution in [-0.2, 0) is 17.9 Å². The molecule has 0 bridgehead atoms. The fourth-order valence-electron chi connectivity index (χ4n) is 2.66. The average Bonchev–Trinajstić information content (AvgIpc) is 2.66. The number of rotatable bonds is 7. The van der Waals surface area contributed by atoms with Crippen LogP contribution in [0.15, 0.2) is 36.4 Å². The van der Waals surface area contributed by atoms with Gasteiger partial charge in [-0.25, -0.2) is 4.79 Å². The lowest BCUT2D eigenvalue weighted by Gasteiger charge is -2.19. The Bertz CT molecular complexity index is 866. The van der Waals surface area contributed by atoms with Gasteiger partial charge in [0.1, 0.15) is 23.7 Å². The molecule has 2 N–H and O–H groups in total. The molecule has 0 aliphatic heterocycles. The van der Waals surface area contributed by atoms with Crippen molar-refractivity contribution in [3.05, 3.63) is 58.7 Å². The first-order valence-corrected chi connectivity index (χ1v) is 9.64. The molecule has 0 aliphatic carbocycles. The normalized spacial score (nSPS) is 11.1. The van der Waals surface area contributed by atoms with Gasteiger partial charge >= 0.3 is 6.09 Å². The number of carbonyl (C=O) groups excluding carboxylic acids is 2. The van der Waals surface area contributed by atoms with E-state index >= 15 is 0 Å². The average molecular weight is 399 g/mol. The monoisotopic (exact) mass is 399 g/mol. The Morgan fingerprint density at radius 3 is 2.24 bits per heavy atom. The number of hydrogen-bond acceptors (Lipinski definition) is 5. The number of alkyl carbamates (subject to hydrolysis) is 1. The van der Waals surface area contributed by atoms with Crippen molar-refractivity contribution < 1.29 is 24.2 Å². The van der Waals surface area contributed by atoms with Crippen LogP contribution in [0.4, 0.5) is 4.79 Å². The molecule has 0 saturated heterocycles. The van der Waals surface area contributed by atoms with E-state index in [1.807, 2.05) is 45.0 Å². The highest BCUT2D eigenvalue weighted by Crippen LogP contribution is 2.31. The van der Waals surface area contributed by atoms with Gasteiger partial charge in [0.05, 0.1) is 5.56 Å². The van der Waals surface area contributed by atoms with Crippen molar-refractivity contribution >= 4 is 11.9 Å². The second-order valence-corrected chi connectivity index (χ2v) is 7.82. The van der Waals surface area contributed by atoms with E-state index in [1.165, 1.54) is 0 Å². The number of phenolic OH excluding ortho intramolecular Hbond substituents is 1. The predicted molar refractivity (Wildman–Crippen MR) is 111 cm³/mol. The van der Waals surface area contributed by atoms with Crippen molar-refractivity contribution in [1.29, 1.82) is 0 Å². The molecule has 2 rings (SSSR count). The van der Waals surface area contributed by atoms with Gasteiger partial charge in [-0.1, -0.05) is 31.2 Å². The zero-order valence-corrected chi connectivity index (χ0v) is 17.7. The summed E-state index contributed by atoms with van der Waals surface area (Å²) in [4.78, 5) is 23.5. The van der Waals surface area contributed by atoms with Gasteiger partial charge in [0.15, 0.2) is 5.78 Å². The van der Waals surface area contributed by atoms with Gasteiger partial charge in [0.25, 0.3) is 0 Å². The highest BCUT2D eigenvalue weighted by atomic mass is 16.6. The largest absolute Gasteiger partial charge is 0.507 e. The summed E-state index contributed by atoms with van der Waals surface area (Å²) in [6.07, 6.45) is -0.118. The van der Waals surface area contributed by atoms with Gasteiger partial charge in [0.2, 0.25) is 0 Å². The topological polar surface area (TPSA) is 84.9 Å². The van der Waals surface area contributed by atoms with Crippen LogP contribution >= 0.6 is 0 Å². The number of phenols is 1. The molecule has 0 atom stereocenters. The number of ether oxygens (including phenoxy) is 2. The maximum absolute atomic E-state index is 11.8. The summed E-state index contributed by atoms with van der Waals surface area (Å²) in [5, 5.41) is 13.0. The van der Waals surface area contributed by atoms with E-state index in [4.69, 9.17) is 9.47 Å². The van der Waals surface area contributed by atoms with Gasteiger partial charge in [-0.05, 0) is 51.0 Å². The molecular weight excluding hydrogens is 370 g/mol. The highest BCUT2D eigenvalue weighted by Gasteiger charge is 2.16. The Morgan fingerprint density at radius 2 is 1.66 bits per heavy atom. The zero-order chi connectivity index (χ0) is 21.6. The van der Waals surface area contributed by atoms with Crippen LogP contribution < -0.4 is 10.1 Å². The zero-order valence-electron chi connectivity index (χ0n) is 17.7. The van der Waals surface area contributed by atoms with E-state index in [0.29, 0.717) is 36.4 Å². The minimum atomic E-state index is -0.528. The third-order valence-electron chi connectivity index (χ3n) is 4.26. The van der Waals surface area contributed by atoms with Crippen LogP contribution in [0.3, 0.4) is 0 Å². The Balaban J connectivity index is 1.93. The quantitative estimate of drug-likeness (QED) is 0.647. The number of amides is 1. The summed E-state index contributed by atoms with van der Waals surface area (Å²) in [6.45, 7) is 9.63. The molecule has 2 aromatic rings. The lowest BCUT2D eigenvalue weighted by Crippen LogP contribution is -2.32. The first kappa shape index (κ1) is 22.3. The predicted octanol–water partition coefficient (Wildman–Crippen LogP) is 4.90. The van der Waals surface area contributed by atoms with Crippen molar-refractivity contribution in [2.45, 2.75) is 59.8 Å². The SMILES string of the molecule is CCC(=O)c1ccc(OCc2ccc(CNC(=O)OC(C)(C)C)cc2)c(C)c1O. The first-order chi connectivity index (χ1) is 13.6. The molecule has 0 aliphatic rings. The van der Waals surface area contributed by atoms with E-state index in [0.717, 1.165) is 11.1 Å². The fourth-order valence-corrected chi connectivity index (χ4v) is 2.66. The van der Waals surface area contributed by atoms with Crippen LogP contribution in [0, 0.1) is 6.92 Å². The van der Waals surface area contributed by atoms with Crippen LogP contribution in [0.5, 0.6) is 11.5 Å². The molecule has 0 radical (unpaired) electrons. The fraction of sp³-hybridized carbons (Fsp3) is 0.391. The van der Waals surface area contributed by atoms with Crippen molar-refractivity contribution in [1.82, 2.24) is 5.32 Å². The Morgan fingerprint density at radius 1 is 1.03 bits per heavy atom. The molecule has 0 saturated carbocycles. The molecule has 0 spiro atoms. The summed E-state index contributed by atoms with van der Waals surface area (Å²) in [6, 6.07) is 10.9. The van der Waals surface area contributed by atoms with Crippen molar-refractivity contribution in [3.63, 3.8) is 0 Å². The molecule has 156 valence electrons. The van der Waals surface area contributed by atoms with Gasteiger partial charge in [0, 0.05) is 18.5 Å². The number of benzene rings is 2. The van der Waals surface area contributed by atoms with Crippen LogP contribution in [0.25, 0.3) is 0 Å². The maximum Gasteiger partial charge on any atom is 0.407 e. The number of carbonyl (C=O) groups is 2. The minimum Gasteiger partial charge on any atom is -0.507 e. The molecule has 0 aromatic heterocycles. The van der Waals surface area contributed by atoms with Gasteiger partial charge in [-0.3, -0.25) is 4.79 Å². The van der Waals surface area contributed by atoms with Gasteiger partial charge < -0.3 is 19.9 Å². The minimum absolute atomic E-state index is 0.0297. The smallest absolute Gasteiger partial charge is 0.407 e. The molecule has 6 heteroatoms. The Hall–Kier alpha value is -3.02. The molecular formula is C23H29NO5. The van der Waals surface area contributed by atoms with Crippen LogP contribution in [0.2, 0.25) is 0 Å². The third kappa shape index (κ3) is 6.52. The van der Waals surface area contributed by atoms with Crippen molar-refractivity contribution in [2.24, 2.45) is 0 Å². The molecule has 0 unspecified atom stereocenters. The first-order valence-electron chi connectivity index (χ1n) is 9.64. The van der Waals surface area contributed by atoms with Gasteiger partial charge in [-0.2, -0.15) is 0 Å². The summed E-state index contributed by atoms with van der Waals surface area (Å²) in [5.74, 6) is 0.400. The highest BCUT2D eigenvalue weighted by molar-refractivity contribution is 5.99. The summed E-state index contributed by atoms with van der Waals surface area (Å²) < 4.78 is 11.0. The summed E-state index contributed by atoms with van der Waals surface area (Å²) in [7, 11) is 0. The van der Waals surface area contributed by atoms with E-state index in [1.54, 1.807) is 26.0 Å². The molecule has 0 fully saturated rings. The number of Topliss-reactive ketones (excluding diaryl/α,β-unsaturated/α-hetero) is 1. The Kier molecular flexibility index (Phi) is 7.26. The molecule has 29 heavy (non-hydrogen) atoms. The standard InChI is InChI=1S/C23H29NO5/c1-6-19(25)18-11-12-20(15(2)21(18)26)28-14-17-9-7-16(8-10-17)13-24-22(27)29-23(3,4)5/h7-12,26H,6,13-14H2,1-5H3,(H,24,27). The Labute approximate surface area is 171 Å². The number of aromatic hydroxyl groups is 1. The molecule has 6 nitrogen and oxygen atoms in total. The second-order valence-electron chi connectivity index (χ2n) is 7.82. The summed E-state index contributed by atoms with van der Waals surface area (Å²) >= 11 is 0. The second kappa shape index (κ2) is 9.45. The third-order valence-corrected chi connectivity index (χ3v) is 4.26. The maximum atomic E-state index is 11.8. The summed E-state index contributed by atoms with van der Waals surface area (Å²) in [5.41, 5.74) is 2.22. The van der Waals surface area contributed by atoms with Crippen LogP contribution in [-0.4, -0.2) is 22.6 Å². The van der Waals surface area contributed by atoms with E-state index < -0.39 is 11.7 Å². The molecule has 0 heterocycles. The number of hydrogen-bond donors (Lipinski definition) is 2. The lowest BCUT2D eigenvalue weighted by atomic mass is 10.0. The van der Waals surface area contributed by atoms with Crippen molar-refractivity contribution in [2.75, 3.05) is 0 Å². The van der Waals surface area contributed by atoms with Crippen molar-refractivity contribution in [3.8, 4) is 11.5 Å². The van der Waals surface area contributed by atoms with Crippen LogP contribution in [0.1, 0.15) is 61.2 Å². The van der Waals surface area contributed by atoms with E-state index in [9.17, 15) is 14.7 Å². The molecule has 1 amide bonds.